The molecule has 0 saturated heterocycles. The summed E-state index contributed by atoms with van der Waals surface area (Å²) in [6.45, 7) is 0.0269. The molecule has 0 aliphatic carbocycles. The standard InChI is InChI=1S/C18H15F3N2O2/c19-18(20,21)15-7-5-13(6-8-15)9-10-23-17(24)12-25-16-4-2-1-3-14(16)11-22/h1-8H,9-10,12H2,(H,23,24). The van der Waals surface area contributed by atoms with Crippen molar-refractivity contribution in [1.29, 1.82) is 5.26 Å². The van der Waals surface area contributed by atoms with Crippen LogP contribution in [0.15, 0.2) is 48.5 Å². The lowest BCUT2D eigenvalue weighted by molar-refractivity contribution is -0.137. The summed E-state index contributed by atoms with van der Waals surface area (Å²) in [6, 6.07) is 13.3. The molecule has 0 atom stereocenters. The van der Waals surface area contributed by atoms with Crippen molar-refractivity contribution < 1.29 is 22.7 Å². The Labute approximate surface area is 142 Å². The fourth-order valence-corrected chi connectivity index (χ4v) is 2.09. The molecule has 0 aliphatic heterocycles. The number of carbonyl (C=O) groups is 1. The zero-order valence-electron chi connectivity index (χ0n) is 13.1. The Kier molecular flexibility index (Phi) is 6.01. The molecule has 0 spiro atoms. The highest BCUT2D eigenvalue weighted by molar-refractivity contribution is 5.77. The number of carbonyl (C=O) groups excluding carboxylic acids is 1. The number of nitriles is 1. The average Bonchev–Trinajstić information content (AvgIpc) is 2.60. The molecule has 130 valence electrons. The van der Waals surface area contributed by atoms with Crippen molar-refractivity contribution in [2.75, 3.05) is 13.2 Å². The largest absolute Gasteiger partial charge is 0.482 e. The van der Waals surface area contributed by atoms with Crippen molar-refractivity contribution in [3.8, 4) is 11.8 Å². The summed E-state index contributed by atoms with van der Waals surface area (Å²) in [5, 5.41) is 11.5. The molecule has 25 heavy (non-hydrogen) atoms. The number of amides is 1. The molecule has 0 heterocycles. The molecule has 7 heteroatoms. The van der Waals surface area contributed by atoms with Crippen LogP contribution < -0.4 is 10.1 Å². The predicted molar refractivity (Wildman–Crippen MR) is 84.8 cm³/mol. The number of para-hydroxylation sites is 1. The maximum absolute atomic E-state index is 12.5. The van der Waals surface area contributed by atoms with Gasteiger partial charge in [-0.2, -0.15) is 18.4 Å². The van der Waals surface area contributed by atoms with Crippen LogP contribution >= 0.6 is 0 Å². The molecular weight excluding hydrogens is 333 g/mol. The molecule has 2 aromatic rings. The second kappa shape index (κ2) is 8.20. The summed E-state index contributed by atoms with van der Waals surface area (Å²) in [5.41, 5.74) is 0.314. The van der Waals surface area contributed by atoms with Gasteiger partial charge in [-0.15, -0.1) is 0 Å². The van der Waals surface area contributed by atoms with Crippen LogP contribution in [-0.2, 0) is 17.4 Å². The highest BCUT2D eigenvalue weighted by atomic mass is 19.4. The quantitative estimate of drug-likeness (QED) is 0.871. The Bertz CT molecular complexity index is 765. The number of benzene rings is 2. The van der Waals surface area contributed by atoms with Gasteiger partial charge in [0.15, 0.2) is 6.61 Å². The van der Waals surface area contributed by atoms with Crippen molar-refractivity contribution in [2.24, 2.45) is 0 Å². The van der Waals surface area contributed by atoms with Crippen LogP contribution in [0.3, 0.4) is 0 Å². The summed E-state index contributed by atoms with van der Waals surface area (Å²) in [6.07, 6.45) is -3.96. The van der Waals surface area contributed by atoms with Crippen LogP contribution in [0.2, 0.25) is 0 Å². The Morgan fingerprint density at radius 1 is 1.12 bits per heavy atom. The van der Waals surface area contributed by atoms with Gasteiger partial charge >= 0.3 is 6.18 Å². The fourth-order valence-electron chi connectivity index (χ4n) is 2.09. The minimum absolute atomic E-state index is 0.244. The average molecular weight is 348 g/mol. The van der Waals surface area contributed by atoms with Crippen LogP contribution in [-0.4, -0.2) is 19.1 Å². The molecular formula is C18H15F3N2O2. The first-order valence-electron chi connectivity index (χ1n) is 7.45. The second-order valence-electron chi connectivity index (χ2n) is 5.19. The van der Waals surface area contributed by atoms with Gasteiger partial charge in [-0.05, 0) is 36.2 Å². The number of nitrogens with zero attached hydrogens (tertiary/aromatic N) is 1. The molecule has 2 aromatic carbocycles. The molecule has 0 aliphatic rings. The first kappa shape index (κ1) is 18.3. The lowest BCUT2D eigenvalue weighted by atomic mass is 10.1. The molecule has 0 aromatic heterocycles. The Morgan fingerprint density at radius 3 is 2.44 bits per heavy atom. The lowest BCUT2D eigenvalue weighted by Crippen LogP contribution is -2.30. The van der Waals surface area contributed by atoms with E-state index in [0.717, 1.165) is 12.1 Å². The topological polar surface area (TPSA) is 62.1 Å². The smallest absolute Gasteiger partial charge is 0.416 e. The molecule has 0 bridgehead atoms. The molecule has 0 radical (unpaired) electrons. The first-order chi connectivity index (χ1) is 11.9. The molecule has 0 fully saturated rings. The number of ether oxygens (including phenoxy) is 1. The molecule has 1 N–H and O–H groups in total. The van der Waals surface area contributed by atoms with Gasteiger partial charge in [-0.1, -0.05) is 24.3 Å². The van der Waals surface area contributed by atoms with Crippen molar-refractivity contribution in [2.45, 2.75) is 12.6 Å². The molecule has 0 saturated carbocycles. The highest BCUT2D eigenvalue weighted by Gasteiger charge is 2.29. The van der Waals surface area contributed by atoms with E-state index in [-0.39, 0.29) is 19.1 Å². The number of nitrogens with one attached hydrogen (secondary N) is 1. The lowest BCUT2D eigenvalue weighted by Gasteiger charge is -2.09. The SMILES string of the molecule is N#Cc1ccccc1OCC(=O)NCCc1ccc(C(F)(F)F)cc1. The van der Waals surface area contributed by atoms with Gasteiger partial charge in [0, 0.05) is 6.54 Å². The van der Waals surface area contributed by atoms with Gasteiger partial charge in [0.25, 0.3) is 5.91 Å². The number of halogens is 3. The Balaban J connectivity index is 1.76. The normalized spacial score (nSPS) is 10.8. The highest BCUT2D eigenvalue weighted by Crippen LogP contribution is 2.29. The monoisotopic (exact) mass is 348 g/mol. The summed E-state index contributed by atoms with van der Waals surface area (Å²) in [7, 11) is 0. The van der Waals surface area contributed by atoms with E-state index in [0.29, 0.717) is 23.3 Å². The minimum Gasteiger partial charge on any atom is -0.482 e. The Hall–Kier alpha value is -3.01. The summed E-state index contributed by atoms with van der Waals surface area (Å²) in [5.74, 6) is -0.0532. The van der Waals surface area contributed by atoms with Crippen LogP contribution in [0, 0.1) is 11.3 Å². The van der Waals surface area contributed by atoms with Crippen LogP contribution in [0.5, 0.6) is 5.75 Å². The third kappa shape index (κ3) is 5.53. The maximum Gasteiger partial charge on any atom is 0.416 e. The van der Waals surface area contributed by atoms with E-state index < -0.39 is 11.7 Å². The predicted octanol–water partition coefficient (Wildman–Crippen LogP) is 3.31. The fraction of sp³-hybridized carbons (Fsp3) is 0.222. The van der Waals surface area contributed by atoms with Crippen LogP contribution in [0.4, 0.5) is 13.2 Å². The van der Waals surface area contributed by atoms with E-state index in [1.54, 1.807) is 24.3 Å². The van der Waals surface area contributed by atoms with E-state index in [1.165, 1.54) is 12.1 Å². The van der Waals surface area contributed by atoms with Gasteiger partial charge in [0.1, 0.15) is 11.8 Å². The molecule has 4 nitrogen and oxygen atoms in total. The van der Waals surface area contributed by atoms with E-state index >= 15 is 0 Å². The maximum atomic E-state index is 12.5. The number of rotatable bonds is 6. The third-order valence-corrected chi connectivity index (χ3v) is 3.38. The van der Waals surface area contributed by atoms with Crippen LogP contribution in [0.25, 0.3) is 0 Å². The zero-order chi connectivity index (χ0) is 18.3. The van der Waals surface area contributed by atoms with Gasteiger partial charge < -0.3 is 10.1 Å². The number of alkyl halides is 3. The van der Waals surface area contributed by atoms with E-state index in [9.17, 15) is 18.0 Å². The van der Waals surface area contributed by atoms with Crippen LogP contribution in [0.1, 0.15) is 16.7 Å². The van der Waals surface area contributed by atoms with E-state index in [2.05, 4.69) is 5.32 Å². The number of hydrogen-bond donors (Lipinski definition) is 1. The summed E-state index contributed by atoms with van der Waals surface area (Å²) >= 11 is 0. The minimum atomic E-state index is -4.36. The van der Waals surface area contributed by atoms with Gasteiger partial charge in [0.05, 0.1) is 11.1 Å². The van der Waals surface area contributed by atoms with E-state index in [1.807, 2.05) is 6.07 Å². The van der Waals surface area contributed by atoms with Crippen molar-refractivity contribution >= 4 is 5.91 Å². The van der Waals surface area contributed by atoms with Gasteiger partial charge in [-0.25, -0.2) is 0 Å². The first-order valence-corrected chi connectivity index (χ1v) is 7.45. The zero-order valence-corrected chi connectivity index (χ0v) is 13.1. The van der Waals surface area contributed by atoms with Gasteiger partial charge in [-0.3, -0.25) is 4.79 Å². The van der Waals surface area contributed by atoms with E-state index in [4.69, 9.17) is 10.00 Å². The summed E-state index contributed by atoms with van der Waals surface area (Å²) < 4.78 is 42.7. The second-order valence-corrected chi connectivity index (χ2v) is 5.19. The number of hydrogen-bond acceptors (Lipinski definition) is 3. The van der Waals surface area contributed by atoms with Gasteiger partial charge in [0.2, 0.25) is 0 Å². The molecule has 2 rings (SSSR count). The molecule has 0 unspecified atom stereocenters. The Morgan fingerprint density at radius 2 is 1.80 bits per heavy atom. The third-order valence-electron chi connectivity index (χ3n) is 3.38. The van der Waals surface area contributed by atoms with Crippen molar-refractivity contribution in [3.63, 3.8) is 0 Å². The van der Waals surface area contributed by atoms with Crippen molar-refractivity contribution in [1.82, 2.24) is 5.32 Å². The van der Waals surface area contributed by atoms with Crippen molar-refractivity contribution in [3.05, 3.63) is 65.2 Å². The molecule has 1 amide bonds. The summed E-state index contributed by atoms with van der Waals surface area (Å²) in [4.78, 5) is 11.7.